The topological polar surface area (TPSA) is 53.1 Å². The van der Waals surface area contributed by atoms with E-state index in [-0.39, 0.29) is 0 Å². The zero-order chi connectivity index (χ0) is 19.3. The van der Waals surface area contributed by atoms with E-state index < -0.39 is 0 Å². The summed E-state index contributed by atoms with van der Waals surface area (Å²) in [6.45, 7) is 4.24. The van der Waals surface area contributed by atoms with Crippen LogP contribution in [0.15, 0.2) is 54.6 Å². The Labute approximate surface area is 170 Å². The van der Waals surface area contributed by atoms with Crippen molar-refractivity contribution in [3.05, 3.63) is 65.3 Å². The van der Waals surface area contributed by atoms with Gasteiger partial charge in [-0.2, -0.15) is 4.98 Å². The summed E-state index contributed by atoms with van der Waals surface area (Å²) in [5.74, 6) is 1.26. The Morgan fingerprint density at radius 2 is 1.64 bits per heavy atom. The van der Waals surface area contributed by atoms with Crippen LogP contribution in [0.5, 0.6) is 0 Å². The third-order valence-corrected chi connectivity index (χ3v) is 5.17. The molecule has 2 N–H and O–H groups in total. The Morgan fingerprint density at radius 3 is 2.39 bits per heavy atom. The normalized spacial score (nSPS) is 14.0. The van der Waals surface area contributed by atoms with Crippen molar-refractivity contribution in [2.45, 2.75) is 26.2 Å². The highest BCUT2D eigenvalue weighted by atomic mass is 35.5. The van der Waals surface area contributed by atoms with E-state index >= 15 is 0 Å². The third kappa shape index (κ3) is 4.54. The van der Waals surface area contributed by atoms with Crippen LogP contribution < -0.4 is 15.5 Å². The average Bonchev–Trinajstić information content (AvgIpc) is 2.71. The van der Waals surface area contributed by atoms with Gasteiger partial charge in [0.1, 0.15) is 5.82 Å². The minimum Gasteiger partial charge on any atom is -0.372 e. The first-order valence-corrected chi connectivity index (χ1v) is 10.0. The number of aromatic nitrogens is 2. The highest BCUT2D eigenvalue weighted by Crippen LogP contribution is 2.26. The van der Waals surface area contributed by atoms with Gasteiger partial charge in [0.05, 0.1) is 10.7 Å². The molecule has 6 heteroatoms. The average molecular weight is 394 g/mol. The molecule has 5 nitrogen and oxygen atoms in total. The number of rotatable bonds is 5. The summed E-state index contributed by atoms with van der Waals surface area (Å²) in [5.41, 5.74) is 3.93. The smallest absolute Gasteiger partial charge is 0.229 e. The third-order valence-electron chi connectivity index (χ3n) is 4.84. The molecule has 1 aromatic heterocycles. The van der Waals surface area contributed by atoms with E-state index in [1.54, 1.807) is 0 Å². The van der Waals surface area contributed by atoms with Gasteiger partial charge < -0.3 is 15.5 Å². The molecule has 0 unspecified atom stereocenters. The van der Waals surface area contributed by atoms with Gasteiger partial charge in [-0.05, 0) is 62.6 Å². The van der Waals surface area contributed by atoms with E-state index in [1.807, 2.05) is 37.3 Å². The Kier molecular flexibility index (Phi) is 5.63. The van der Waals surface area contributed by atoms with Crippen molar-refractivity contribution in [1.29, 1.82) is 0 Å². The van der Waals surface area contributed by atoms with Gasteiger partial charge in [-0.3, -0.25) is 0 Å². The van der Waals surface area contributed by atoms with Crippen molar-refractivity contribution in [3.8, 4) is 0 Å². The SMILES string of the molecule is Cc1cc(Nc2ccccc2Cl)nc(Nc2ccc(N3CCCCC3)cc2)n1. The first kappa shape index (κ1) is 18.6. The summed E-state index contributed by atoms with van der Waals surface area (Å²) < 4.78 is 0. The molecule has 4 rings (SSSR count). The van der Waals surface area contributed by atoms with Crippen LogP contribution in [0.1, 0.15) is 25.0 Å². The molecule has 0 spiro atoms. The van der Waals surface area contributed by atoms with Gasteiger partial charge in [0, 0.05) is 36.2 Å². The molecule has 144 valence electrons. The predicted octanol–water partition coefficient (Wildman–Crippen LogP) is 5.92. The van der Waals surface area contributed by atoms with Crippen LogP contribution in [-0.2, 0) is 0 Å². The number of hydrogen-bond acceptors (Lipinski definition) is 5. The van der Waals surface area contributed by atoms with Crippen molar-refractivity contribution in [3.63, 3.8) is 0 Å². The number of benzene rings is 2. The summed E-state index contributed by atoms with van der Waals surface area (Å²) >= 11 is 6.24. The van der Waals surface area contributed by atoms with Gasteiger partial charge in [0.15, 0.2) is 0 Å². The van der Waals surface area contributed by atoms with E-state index in [0.717, 1.165) is 30.2 Å². The largest absolute Gasteiger partial charge is 0.372 e. The Hall–Kier alpha value is -2.79. The standard InChI is InChI=1S/C22H24ClN5/c1-16-15-21(26-20-8-4-3-7-19(20)23)27-22(24-16)25-17-9-11-18(12-10-17)28-13-5-2-6-14-28/h3-4,7-12,15H,2,5-6,13-14H2,1H3,(H2,24,25,26,27). The maximum absolute atomic E-state index is 6.24. The quantitative estimate of drug-likeness (QED) is 0.563. The molecule has 3 aromatic rings. The van der Waals surface area contributed by atoms with Crippen molar-refractivity contribution >= 4 is 40.4 Å². The highest BCUT2D eigenvalue weighted by molar-refractivity contribution is 6.33. The second kappa shape index (κ2) is 8.48. The van der Waals surface area contributed by atoms with Crippen LogP contribution in [0.4, 0.5) is 28.8 Å². The monoisotopic (exact) mass is 393 g/mol. The molecule has 1 aliphatic heterocycles. The Morgan fingerprint density at radius 1 is 0.893 bits per heavy atom. The summed E-state index contributed by atoms with van der Waals surface area (Å²) in [6.07, 6.45) is 3.89. The molecule has 1 fully saturated rings. The number of aryl methyl sites for hydroxylation is 1. The fourth-order valence-electron chi connectivity index (χ4n) is 3.43. The van der Waals surface area contributed by atoms with Crippen LogP contribution in [0.2, 0.25) is 5.02 Å². The van der Waals surface area contributed by atoms with Crippen LogP contribution in [0.25, 0.3) is 0 Å². The maximum atomic E-state index is 6.24. The van der Waals surface area contributed by atoms with Crippen molar-refractivity contribution < 1.29 is 0 Å². The van der Waals surface area contributed by atoms with Crippen LogP contribution in [-0.4, -0.2) is 23.1 Å². The van der Waals surface area contributed by atoms with Crippen LogP contribution >= 0.6 is 11.6 Å². The first-order valence-electron chi connectivity index (χ1n) is 9.67. The van der Waals surface area contributed by atoms with E-state index in [4.69, 9.17) is 11.6 Å². The second-order valence-electron chi connectivity index (χ2n) is 7.04. The number of para-hydroxylation sites is 1. The summed E-state index contributed by atoms with van der Waals surface area (Å²) in [5, 5.41) is 7.22. The molecule has 0 saturated carbocycles. The van der Waals surface area contributed by atoms with Crippen molar-refractivity contribution in [2.24, 2.45) is 0 Å². The second-order valence-corrected chi connectivity index (χ2v) is 7.45. The molecule has 0 amide bonds. The van der Waals surface area contributed by atoms with Gasteiger partial charge in [-0.25, -0.2) is 4.98 Å². The minimum absolute atomic E-state index is 0.556. The lowest BCUT2D eigenvalue weighted by molar-refractivity contribution is 0.578. The molecule has 0 aliphatic carbocycles. The molecule has 0 atom stereocenters. The number of nitrogens with one attached hydrogen (secondary N) is 2. The molecule has 0 bridgehead atoms. The summed E-state index contributed by atoms with van der Waals surface area (Å²) in [6, 6.07) is 18.0. The van der Waals surface area contributed by atoms with E-state index in [9.17, 15) is 0 Å². The molecular formula is C22H24ClN5. The van der Waals surface area contributed by atoms with Gasteiger partial charge in [0.25, 0.3) is 0 Å². The number of halogens is 1. The molecule has 28 heavy (non-hydrogen) atoms. The lowest BCUT2D eigenvalue weighted by atomic mass is 10.1. The fraction of sp³-hybridized carbons (Fsp3) is 0.273. The molecule has 1 aliphatic rings. The molecule has 0 radical (unpaired) electrons. The van der Waals surface area contributed by atoms with E-state index in [0.29, 0.717) is 16.8 Å². The zero-order valence-corrected chi connectivity index (χ0v) is 16.7. The first-order chi connectivity index (χ1) is 13.7. The van der Waals surface area contributed by atoms with Gasteiger partial charge in [-0.1, -0.05) is 23.7 Å². The molecular weight excluding hydrogens is 370 g/mol. The van der Waals surface area contributed by atoms with Gasteiger partial charge >= 0.3 is 0 Å². The number of anilines is 5. The van der Waals surface area contributed by atoms with Crippen LogP contribution in [0.3, 0.4) is 0 Å². The molecule has 2 aromatic carbocycles. The van der Waals surface area contributed by atoms with Gasteiger partial charge in [0.2, 0.25) is 5.95 Å². The highest BCUT2D eigenvalue weighted by Gasteiger charge is 2.11. The van der Waals surface area contributed by atoms with Gasteiger partial charge in [-0.15, -0.1) is 0 Å². The lowest BCUT2D eigenvalue weighted by Gasteiger charge is -2.28. The van der Waals surface area contributed by atoms with E-state index in [2.05, 4.69) is 49.8 Å². The maximum Gasteiger partial charge on any atom is 0.229 e. The molecule has 1 saturated heterocycles. The number of nitrogens with zero attached hydrogens (tertiary/aromatic N) is 3. The van der Waals surface area contributed by atoms with Crippen molar-refractivity contribution in [1.82, 2.24) is 9.97 Å². The zero-order valence-electron chi connectivity index (χ0n) is 16.0. The molecule has 2 heterocycles. The predicted molar refractivity (Wildman–Crippen MR) is 117 cm³/mol. The minimum atomic E-state index is 0.556. The Balaban J connectivity index is 1.48. The lowest BCUT2D eigenvalue weighted by Crippen LogP contribution is -2.29. The van der Waals surface area contributed by atoms with Crippen molar-refractivity contribution in [2.75, 3.05) is 28.6 Å². The van der Waals surface area contributed by atoms with E-state index in [1.165, 1.54) is 24.9 Å². The summed E-state index contributed by atoms with van der Waals surface area (Å²) in [7, 11) is 0. The van der Waals surface area contributed by atoms with Crippen LogP contribution in [0, 0.1) is 6.92 Å². The fourth-order valence-corrected chi connectivity index (χ4v) is 3.61. The Bertz CT molecular complexity index is 936. The number of hydrogen-bond donors (Lipinski definition) is 2. The summed E-state index contributed by atoms with van der Waals surface area (Å²) in [4.78, 5) is 11.5. The number of piperidine rings is 1.